The molecule has 0 radical (unpaired) electrons. The van der Waals surface area contributed by atoms with Crippen LogP contribution in [-0.4, -0.2) is 43.4 Å². The van der Waals surface area contributed by atoms with Gasteiger partial charge in [-0.05, 0) is 26.9 Å². The molecule has 1 heterocycles. The van der Waals surface area contributed by atoms with Gasteiger partial charge in [0.1, 0.15) is 0 Å². The summed E-state index contributed by atoms with van der Waals surface area (Å²) in [6, 6.07) is 2.38. The van der Waals surface area contributed by atoms with E-state index in [2.05, 4.69) is 36.3 Å². The van der Waals surface area contributed by atoms with Gasteiger partial charge in [0.25, 0.3) is 0 Å². The number of nitrogens with one attached hydrogen (secondary N) is 1. The van der Waals surface area contributed by atoms with Gasteiger partial charge in [-0.25, -0.2) is 0 Å². The first kappa shape index (κ1) is 15.1. The molecule has 0 amide bonds. The highest BCUT2D eigenvalue weighted by atomic mass is 16.5. The van der Waals surface area contributed by atoms with Crippen LogP contribution in [0.3, 0.4) is 0 Å². The fourth-order valence-corrected chi connectivity index (χ4v) is 1.68. The van der Waals surface area contributed by atoms with Crippen LogP contribution in [0.1, 0.15) is 31.7 Å². The van der Waals surface area contributed by atoms with Gasteiger partial charge in [0.05, 0.1) is 18.8 Å². The lowest BCUT2D eigenvalue weighted by Crippen LogP contribution is -2.32. The Morgan fingerprint density at radius 2 is 2.33 bits per heavy atom. The van der Waals surface area contributed by atoms with E-state index in [0.717, 1.165) is 44.1 Å². The second-order valence-corrected chi connectivity index (χ2v) is 4.68. The van der Waals surface area contributed by atoms with Crippen molar-refractivity contribution in [2.24, 2.45) is 0 Å². The summed E-state index contributed by atoms with van der Waals surface area (Å²) in [4.78, 5) is 2.19. The molecule has 0 fully saturated rings. The van der Waals surface area contributed by atoms with Crippen LogP contribution in [-0.2, 0) is 17.8 Å². The van der Waals surface area contributed by atoms with Crippen LogP contribution in [0, 0.1) is 0 Å². The summed E-state index contributed by atoms with van der Waals surface area (Å²) in [5.74, 6) is 0.897. The van der Waals surface area contributed by atoms with Crippen molar-refractivity contribution in [1.29, 1.82) is 0 Å². The van der Waals surface area contributed by atoms with Gasteiger partial charge < -0.3 is 14.6 Å². The second-order valence-electron chi connectivity index (χ2n) is 4.68. The third-order valence-electron chi connectivity index (χ3n) is 2.91. The van der Waals surface area contributed by atoms with E-state index in [-0.39, 0.29) is 0 Å². The standard InChI is InChI=1S/C13H25N3O2/c1-5-6-14-8-12-7-13(18-15-12)9-16(3)11(2)10-17-4/h7,11,14H,5-6,8-10H2,1-4H3. The predicted molar refractivity (Wildman–Crippen MR) is 71.3 cm³/mol. The monoisotopic (exact) mass is 255 g/mol. The highest BCUT2D eigenvalue weighted by Gasteiger charge is 2.12. The molecule has 0 spiro atoms. The third kappa shape index (κ3) is 5.16. The van der Waals surface area contributed by atoms with Crippen molar-refractivity contribution >= 4 is 0 Å². The third-order valence-corrected chi connectivity index (χ3v) is 2.91. The van der Waals surface area contributed by atoms with E-state index in [1.807, 2.05) is 6.07 Å². The molecule has 1 aromatic rings. The van der Waals surface area contributed by atoms with E-state index in [9.17, 15) is 0 Å². The minimum absolute atomic E-state index is 0.363. The van der Waals surface area contributed by atoms with Crippen molar-refractivity contribution in [1.82, 2.24) is 15.4 Å². The molecule has 1 atom stereocenters. The van der Waals surface area contributed by atoms with Gasteiger partial charge in [-0.15, -0.1) is 0 Å². The van der Waals surface area contributed by atoms with Crippen molar-refractivity contribution in [2.45, 2.75) is 39.4 Å². The minimum Gasteiger partial charge on any atom is -0.383 e. The predicted octanol–water partition coefficient (Wildman–Crippen LogP) is 1.64. The molecule has 0 aliphatic rings. The van der Waals surface area contributed by atoms with Gasteiger partial charge in [-0.1, -0.05) is 12.1 Å². The lowest BCUT2D eigenvalue weighted by Gasteiger charge is -2.22. The number of hydrogen-bond acceptors (Lipinski definition) is 5. The molecule has 0 saturated carbocycles. The molecule has 5 heteroatoms. The number of likely N-dealkylation sites (N-methyl/N-ethyl adjacent to an activating group) is 1. The van der Waals surface area contributed by atoms with Crippen LogP contribution in [0.5, 0.6) is 0 Å². The lowest BCUT2D eigenvalue weighted by molar-refractivity contribution is 0.106. The van der Waals surface area contributed by atoms with Crippen LogP contribution in [0.2, 0.25) is 0 Å². The topological polar surface area (TPSA) is 50.5 Å². The van der Waals surface area contributed by atoms with Crippen LogP contribution >= 0.6 is 0 Å². The molecule has 0 aromatic carbocycles. The second kappa shape index (κ2) is 8.24. The van der Waals surface area contributed by atoms with E-state index in [0.29, 0.717) is 6.04 Å². The number of hydrogen-bond donors (Lipinski definition) is 1. The number of rotatable bonds is 9. The van der Waals surface area contributed by atoms with Gasteiger partial charge in [0, 0.05) is 25.8 Å². The van der Waals surface area contributed by atoms with Crippen molar-refractivity contribution in [3.8, 4) is 0 Å². The molecule has 18 heavy (non-hydrogen) atoms. The first-order chi connectivity index (χ1) is 8.67. The molecule has 0 saturated heterocycles. The number of ether oxygens (including phenoxy) is 1. The lowest BCUT2D eigenvalue weighted by atomic mass is 10.3. The van der Waals surface area contributed by atoms with Crippen LogP contribution in [0.15, 0.2) is 10.6 Å². The quantitative estimate of drug-likeness (QED) is 0.680. The van der Waals surface area contributed by atoms with Crippen molar-refractivity contribution in [2.75, 3.05) is 27.3 Å². The molecular formula is C13H25N3O2. The molecule has 104 valence electrons. The van der Waals surface area contributed by atoms with Crippen molar-refractivity contribution in [3.05, 3.63) is 17.5 Å². The maximum Gasteiger partial charge on any atom is 0.151 e. The Bertz CT molecular complexity index is 328. The van der Waals surface area contributed by atoms with Gasteiger partial charge in [0.2, 0.25) is 0 Å². The molecule has 1 aromatic heterocycles. The number of methoxy groups -OCH3 is 1. The summed E-state index contributed by atoms with van der Waals surface area (Å²) in [6.45, 7) is 7.53. The van der Waals surface area contributed by atoms with Crippen LogP contribution < -0.4 is 5.32 Å². The largest absolute Gasteiger partial charge is 0.383 e. The molecule has 0 aliphatic carbocycles. The molecule has 1 N–H and O–H groups in total. The summed E-state index contributed by atoms with van der Waals surface area (Å²) in [6.07, 6.45) is 1.13. The van der Waals surface area contributed by atoms with Gasteiger partial charge in [0.15, 0.2) is 5.76 Å². The first-order valence-electron chi connectivity index (χ1n) is 6.51. The number of nitrogens with zero attached hydrogens (tertiary/aromatic N) is 2. The van der Waals surface area contributed by atoms with E-state index in [1.54, 1.807) is 7.11 Å². The maximum atomic E-state index is 5.32. The Hall–Kier alpha value is -0.910. The van der Waals surface area contributed by atoms with Gasteiger partial charge in [-0.2, -0.15) is 0 Å². The highest BCUT2D eigenvalue weighted by Crippen LogP contribution is 2.08. The molecule has 1 unspecified atom stereocenters. The Morgan fingerprint density at radius 3 is 3.00 bits per heavy atom. The van der Waals surface area contributed by atoms with Crippen LogP contribution in [0.4, 0.5) is 0 Å². The van der Waals surface area contributed by atoms with Crippen LogP contribution in [0.25, 0.3) is 0 Å². The van der Waals surface area contributed by atoms with E-state index >= 15 is 0 Å². The summed E-state index contributed by atoms with van der Waals surface area (Å²) < 4.78 is 10.5. The average Bonchev–Trinajstić information content (AvgIpc) is 2.77. The van der Waals surface area contributed by atoms with Gasteiger partial charge in [-0.3, -0.25) is 4.90 Å². The van der Waals surface area contributed by atoms with E-state index in [1.165, 1.54) is 0 Å². The molecule has 5 nitrogen and oxygen atoms in total. The summed E-state index contributed by atoms with van der Waals surface area (Å²) in [5.41, 5.74) is 0.964. The van der Waals surface area contributed by atoms with E-state index in [4.69, 9.17) is 9.26 Å². The Morgan fingerprint density at radius 1 is 1.56 bits per heavy atom. The summed E-state index contributed by atoms with van der Waals surface area (Å²) in [7, 11) is 3.78. The SMILES string of the molecule is CCCNCc1cc(CN(C)C(C)COC)on1. The normalized spacial score (nSPS) is 13.2. The Balaban J connectivity index is 2.38. The summed E-state index contributed by atoms with van der Waals surface area (Å²) in [5, 5.41) is 7.36. The fourth-order valence-electron chi connectivity index (χ4n) is 1.68. The zero-order valence-corrected chi connectivity index (χ0v) is 11.9. The highest BCUT2D eigenvalue weighted by molar-refractivity contribution is 5.05. The maximum absolute atomic E-state index is 5.32. The van der Waals surface area contributed by atoms with Crippen molar-refractivity contribution in [3.63, 3.8) is 0 Å². The fraction of sp³-hybridized carbons (Fsp3) is 0.769. The van der Waals surface area contributed by atoms with Crippen molar-refractivity contribution < 1.29 is 9.26 Å². The zero-order valence-electron chi connectivity index (χ0n) is 11.9. The summed E-state index contributed by atoms with van der Waals surface area (Å²) >= 11 is 0. The number of aromatic nitrogens is 1. The Kier molecular flexibility index (Phi) is 6.93. The van der Waals surface area contributed by atoms with E-state index < -0.39 is 0 Å². The molecule has 0 bridgehead atoms. The average molecular weight is 255 g/mol. The zero-order chi connectivity index (χ0) is 13.4. The Labute approximate surface area is 109 Å². The minimum atomic E-state index is 0.363. The molecule has 0 aliphatic heterocycles. The van der Waals surface area contributed by atoms with Gasteiger partial charge >= 0.3 is 0 Å². The molecule has 1 rings (SSSR count). The first-order valence-corrected chi connectivity index (χ1v) is 6.51. The smallest absolute Gasteiger partial charge is 0.151 e. The molecular weight excluding hydrogens is 230 g/mol.